The molecule has 0 fully saturated rings. The number of ether oxygens (including phenoxy) is 2. The number of ketones is 1. The Morgan fingerprint density at radius 3 is 2.78 bits per heavy atom. The molecule has 4 nitrogen and oxygen atoms in total. The lowest BCUT2D eigenvalue weighted by molar-refractivity contribution is -0.120. The second-order valence-electron chi connectivity index (χ2n) is 3.66. The summed E-state index contributed by atoms with van der Waals surface area (Å²) >= 11 is 5.88. The van der Waals surface area contributed by atoms with E-state index in [2.05, 4.69) is 0 Å². The van der Waals surface area contributed by atoms with Crippen LogP contribution in [0.5, 0.6) is 5.75 Å². The fraction of sp³-hybridized carbons (Fsp3) is 0.385. The van der Waals surface area contributed by atoms with Crippen molar-refractivity contribution in [2.24, 2.45) is 0 Å². The maximum atomic E-state index is 11.9. The predicted octanol–water partition coefficient (Wildman–Crippen LogP) is 2.56. The van der Waals surface area contributed by atoms with Crippen molar-refractivity contribution in [2.45, 2.75) is 12.3 Å². The van der Waals surface area contributed by atoms with Crippen LogP contribution in [-0.2, 0) is 9.53 Å². The molecular weight excluding hydrogens is 254 g/mol. The number of carbonyl (C=O) groups excluding carboxylic acids is 1. The van der Waals surface area contributed by atoms with E-state index in [0.29, 0.717) is 22.9 Å². The van der Waals surface area contributed by atoms with Crippen LogP contribution in [0.25, 0.3) is 0 Å². The molecule has 1 aromatic carbocycles. The van der Waals surface area contributed by atoms with Gasteiger partial charge in [0.2, 0.25) is 0 Å². The van der Waals surface area contributed by atoms with E-state index in [-0.39, 0.29) is 12.2 Å². The molecule has 0 aliphatic carbocycles. The Hall–Kier alpha value is -1.57. The molecule has 1 atom stereocenters. The smallest absolute Gasteiger partial charge is 0.156 e. The van der Waals surface area contributed by atoms with Crippen molar-refractivity contribution < 1.29 is 14.3 Å². The number of nitrogens with zero attached hydrogens (tertiary/aromatic N) is 1. The van der Waals surface area contributed by atoms with E-state index < -0.39 is 5.92 Å². The van der Waals surface area contributed by atoms with E-state index in [1.807, 2.05) is 6.07 Å². The first kappa shape index (κ1) is 14.5. The first-order valence-electron chi connectivity index (χ1n) is 5.38. The molecule has 1 aromatic rings. The number of halogens is 1. The molecule has 1 rings (SSSR count). The standard InChI is InChI=1S/C13H14ClNO3/c1-17-6-5-12(16)11(8-15)10-7-9(14)3-4-13(10)18-2/h3-4,7,11H,5-6H2,1-2H3. The summed E-state index contributed by atoms with van der Waals surface area (Å²) in [6.45, 7) is 0.292. The van der Waals surface area contributed by atoms with E-state index in [1.54, 1.807) is 18.2 Å². The molecule has 5 heteroatoms. The second-order valence-corrected chi connectivity index (χ2v) is 4.09. The molecule has 0 bridgehead atoms. The SMILES string of the molecule is COCCC(=O)C(C#N)c1cc(Cl)ccc1OC. The molecule has 0 saturated heterocycles. The number of methoxy groups -OCH3 is 2. The number of Topliss-reactive ketones (excluding diaryl/α,β-unsaturated/α-hetero) is 1. The van der Waals surface area contributed by atoms with Crippen molar-refractivity contribution in [2.75, 3.05) is 20.8 Å². The fourth-order valence-corrected chi connectivity index (χ4v) is 1.77. The van der Waals surface area contributed by atoms with Gasteiger partial charge in [-0.05, 0) is 18.2 Å². The molecule has 96 valence electrons. The Labute approximate surface area is 111 Å². The Morgan fingerprint density at radius 1 is 1.50 bits per heavy atom. The molecule has 0 saturated carbocycles. The van der Waals surface area contributed by atoms with Gasteiger partial charge in [0.05, 0.1) is 19.8 Å². The van der Waals surface area contributed by atoms with Crippen LogP contribution in [0.4, 0.5) is 0 Å². The van der Waals surface area contributed by atoms with E-state index in [9.17, 15) is 4.79 Å². The average Bonchev–Trinajstić information content (AvgIpc) is 2.37. The third kappa shape index (κ3) is 3.46. The predicted molar refractivity (Wildman–Crippen MR) is 67.9 cm³/mol. The van der Waals surface area contributed by atoms with Crippen LogP contribution in [0.15, 0.2) is 18.2 Å². The van der Waals surface area contributed by atoms with Gasteiger partial charge in [0.15, 0.2) is 5.78 Å². The number of carbonyl (C=O) groups is 1. The van der Waals surface area contributed by atoms with Gasteiger partial charge in [-0.1, -0.05) is 11.6 Å². The summed E-state index contributed by atoms with van der Waals surface area (Å²) in [4.78, 5) is 11.9. The van der Waals surface area contributed by atoms with Crippen LogP contribution in [0.2, 0.25) is 5.02 Å². The zero-order chi connectivity index (χ0) is 13.5. The third-order valence-corrected chi connectivity index (χ3v) is 2.74. The molecule has 0 radical (unpaired) electrons. The number of benzene rings is 1. The van der Waals surface area contributed by atoms with E-state index >= 15 is 0 Å². The third-order valence-electron chi connectivity index (χ3n) is 2.51. The van der Waals surface area contributed by atoms with Gasteiger partial charge in [-0.3, -0.25) is 4.79 Å². The summed E-state index contributed by atoms with van der Waals surface area (Å²) in [5.41, 5.74) is 0.494. The van der Waals surface area contributed by atoms with Gasteiger partial charge in [0.1, 0.15) is 11.7 Å². The summed E-state index contributed by atoms with van der Waals surface area (Å²) in [5, 5.41) is 9.61. The summed E-state index contributed by atoms with van der Waals surface area (Å²) in [5.74, 6) is -0.606. The van der Waals surface area contributed by atoms with Gasteiger partial charge < -0.3 is 9.47 Å². The van der Waals surface area contributed by atoms with Crippen LogP contribution in [0.1, 0.15) is 17.9 Å². The van der Waals surface area contributed by atoms with Crippen molar-refractivity contribution in [3.63, 3.8) is 0 Å². The quantitative estimate of drug-likeness (QED) is 0.795. The molecule has 0 heterocycles. The molecule has 0 amide bonds. The Morgan fingerprint density at radius 2 is 2.22 bits per heavy atom. The van der Waals surface area contributed by atoms with Crippen LogP contribution >= 0.6 is 11.6 Å². The number of hydrogen-bond donors (Lipinski definition) is 0. The molecular formula is C13H14ClNO3. The van der Waals surface area contributed by atoms with Crippen molar-refractivity contribution >= 4 is 17.4 Å². The molecule has 0 aromatic heterocycles. The topological polar surface area (TPSA) is 59.3 Å². The van der Waals surface area contributed by atoms with Crippen LogP contribution < -0.4 is 4.74 Å². The normalized spacial score (nSPS) is 11.7. The Kier molecular flexibility index (Phi) is 5.63. The Balaban J connectivity index is 3.05. The van der Waals surface area contributed by atoms with E-state index in [0.717, 1.165) is 0 Å². The zero-order valence-corrected chi connectivity index (χ0v) is 11.0. The van der Waals surface area contributed by atoms with Crippen LogP contribution in [0, 0.1) is 11.3 Å². The lowest BCUT2D eigenvalue weighted by Gasteiger charge is -2.13. The van der Waals surface area contributed by atoms with Crippen molar-refractivity contribution in [1.29, 1.82) is 5.26 Å². The van der Waals surface area contributed by atoms with Crippen LogP contribution in [-0.4, -0.2) is 26.6 Å². The van der Waals surface area contributed by atoms with Gasteiger partial charge in [0, 0.05) is 24.1 Å². The molecule has 0 aliphatic rings. The average molecular weight is 268 g/mol. The van der Waals surface area contributed by atoms with Gasteiger partial charge in [0.25, 0.3) is 0 Å². The highest BCUT2D eigenvalue weighted by molar-refractivity contribution is 6.30. The van der Waals surface area contributed by atoms with Gasteiger partial charge >= 0.3 is 0 Å². The zero-order valence-electron chi connectivity index (χ0n) is 10.3. The number of rotatable bonds is 6. The molecule has 0 aliphatic heterocycles. The van der Waals surface area contributed by atoms with Crippen LogP contribution in [0.3, 0.4) is 0 Å². The van der Waals surface area contributed by atoms with E-state index in [1.165, 1.54) is 14.2 Å². The maximum absolute atomic E-state index is 11.9. The first-order valence-corrected chi connectivity index (χ1v) is 5.76. The van der Waals surface area contributed by atoms with E-state index in [4.69, 9.17) is 26.3 Å². The maximum Gasteiger partial charge on any atom is 0.156 e. The van der Waals surface area contributed by atoms with Crippen molar-refractivity contribution in [3.8, 4) is 11.8 Å². The summed E-state index contributed by atoms with van der Waals surface area (Å²) in [6, 6.07) is 6.86. The largest absolute Gasteiger partial charge is 0.496 e. The monoisotopic (exact) mass is 267 g/mol. The first-order chi connectivity index (χ1) is 8.63. The minimum atomic E-state index is -0.881. The summed E-state index contributed by atoms with van der Waals surface area (Å²) < 4.78 is 9.98. The minimum absolute atomic E-state index is 0.185. The second kappa shape index (κ2) is 7.00. The summed E-state index contributed by atoms with van der Waals surface area (Å²) in [7, 11) is 3.00. The van der Waals surface area contributed by atoms with Gasteiger partial charge in [-0.2, -0.15) is 5.26 Å². The molecule has 1 unspecified atom stereocenters. The van der Waals surface area contributed by atoms with Crippen molar-refractivity contribution in [1.82, 2.24) is 0 Å². The lowest BCUT2D eigenvalue weighted by atomic mass is 9.93. The van der Waals surface area contributed by atoms with Gasteiger partial charge in [-0.25, -0.2) is 0 Å². The summed E-state index contributed by atoms with van der Waals surface area (Å²) in [6.07, 6.45) is 0.185. The van der Waals surface area contributed by atoms with Gasteiger partial charge in [-0.15, -0.1) is 0 Å². The Bertz CT molecular complexity index is 468. The van der Waals surface area contributed by atoms with Crippen molar-refractivity contribution in [3.05, 3.63) is 28.8 Å². The number of hydrogen-bond acceptors (Lipinski definition) is 4. The molecule has 0 spiro atoms. The highest BCUT2D eigenvalue weighted by Gasteiger charge is 2.23. The minimum Gasteiger partial charge on any atom is -0.496 e. The lowest BCUT2D eigenvalue weighted by Crippen LogP contribution is -2.14. The highest BCUT2D eigenvalue weighted by atomic mass is 35.5. The highest BCUT2D eigenvalue weighted by Crippen LogP contribution is 2.30. The molecule has 0 N–H and O–H groups in total. The number of nitriles is 1. The molecule has 18 heavy (non-hydrogen) atoms. The fourth-order valence-electron chi connectivity index (χ4n) is 1.59.